The van der Waals surface area contributed by atoms with E-state index in [0.29, 0.717) is 30.2 Å². The molecule has 2 heterocycles. The zero-order valence-electron chi connectivity index (χ0n) is 10.8. The van der Waals surface area contributed by atoms with Crippen molar-refractivity contribution >= 4 is 21.8 Å². The number of carbonyl (C=O) groups is 1. The van der Waals surface area contributed by atoms with Crippen LogP contribution in [0.15, 0.2) is 16.6 Å². The van der Waals surface area contributed by atoms with Crippen molar-refractivity contribution in [1.29, 1.82) is 5.26 Å². The van der Waals surface area contributed by atoms with E-state index in [1.54, 1.807) is 17.0 Å². The van der Waals surface area contributed by atoms with Crippen molar-refractivity contribution in [2.24, 2.45) is 5.92 Å². The van der Waals surface area contributed by atoms with Crippen LogP contribution in [0.3, 0.4) is 0 Å². The van der Waals surface area contributed by atoms with E-state index in [0.717, 1.165) is 17.3 Å². The first-order valence-corrected chi connectivity index (χ1v) is 7.26. The molecule has 1 amide bonds. The molecule has 0 aromatic heterocycles. The smallest absolute Gasteiger partial charge is 0.254 e. The van der Waals surface area contributed by atoms with Crippen LogP contribution in [-0.2, 0) is 0 Å². The Hall–Kier alpha value is -1.74. The molecule has 1 aromatic rings. The highest BCUT2D eigenvalue weighted by Crippen LogP contribution is 2.40. The van der Waals surface area contributed by atoms with Crippen molar-refractivity contribution in [3.63, 3.8) is 0 Å². The predicted octanol–water partition coefficient (Wildman–Crippen LogP) is 2.55. The number of ether oxygens (including phenoxy) is 2. The number of halogens is 1. The minimum Gasteiger partial charge on any atom is -0.454 e. The van der Waals surface area contributed by atoms with E-state index in [4.69, 9.17) is 14.7 Å². The third-order valence-electron chi connectivity index (χ3n) is 3.64. The Kier molecular flexibility index (Phi) is 3.53. The minimum absolute atomic E-state index is 0.0274. The molecule has 20 heavy (non-hydrogen) atoms. The van der Waals surface area contributed by atoms with Gasteiger partial charge in [0.1, 0.15) is 0 Å². The van der Waals surface area contributed by atoms with Crippen molar-refractivity contribution in [2.75, 3.05) is 19.9 Å². The number of likely N-dealkylation sites (tertiary alicyclic amines) is 1. The van der Waals surface area contributed by atoms with E-state index >= 15 is 0 Å². The number of nitrogens with zero attached hydrogens (tertiary/aromatic N) is 2. The summed E-state index contributed by atoms with van der Waals surface area (Å²) in [6.07, 6.45) is 1.49. The highest BCUT2D eigenvalue weighted by atomic mass is 79.9. The molecule has 1 fully saturated rings. The normalized spacial score (nSPS) is 17.9. The lowest BCUT2D eigenvalue weighted by atomic mass is 9.98. The minimum atomic E-state index is -0.0274. The Morgan fingerprint density at radius 1 is 1.35 bits per heavy atom. The number of hydrogen-bond acceptors (Lipinski definition) is 4. The highest BCUT2D eigenvalue weighted by molar-refractivity contribution is 9.10. The van der Waals surface area contributed by atoms with Gasteiger partial charge in [-0.1, -0.05) is 0 Å². The van der Waals surface area contributed by atoms with Gasteiger partial charge >= 0.3 is 0 Å². The first kappa shape index (κ1) is 13.3. The molecule has 1 aromatic carbocycles. The molecular weight excluding hydrogens is 324 g/mol. The number of rotatable bonds is 1. The Balaban J connectivity index is 1.78. The summed E-state index contributed by atoms with van der Waals surface area (Å²) in [7, 11) is 0. The second kappa shape index (κ2) is 5.33. The van der Waals surface area contributed by atoms with Gasteiger partial charge in [0.15, 0.2) is 11.5 Å². The molecule has 0 bridgehead atoms. The highest BCUT2D eigenvalue weighted by Gasteiger charge is 2.26. The van der Waals surface area contributed by atoms with Gasteiger partial charge in [-0.05, 0) is 40.9 Å². The van der Waals surface area contributed by atoms with Gasteiger partial charge in [-0.2, -0.15) is 5.26 Å². The van der Waals surface area contributed by atoms with Crippen molar-refractivity contribution in [3.8, 4) is 17.6 Å². The molecule has 5 nitrogen and oxygen atoms in total. The molecule has 0 saturated carbocycles. The van der Waals surface area contributed by atoms with E-state index in [-0.39, 0.29) is 18.6 Å². The van der Waals surface area contributed by atoms with Crippen LogP contribution in [-0.4, -0.2) is 30.7 Å². The number of benzene rings is 1. The molecule has 1 saturated heterocycles. The fraction of sp³-hybridized carbons (Fsp3) is 0.429. The first-order chi connectivity index (χ1) is 9.69. The monoisotopic (exact) mass is 336 g/mol. The fourth-order valence-electron chi connectivity index (χ4n) is 2.49. The molecule has 0 radical (unpaired) electrons. The van der Waals surface area contributed by atoms with E-state index < -0.39 is 0 Å². The summed E-state index contributed by atoms with van der Waals surface area (Å²) in [6, 6.07) is 5.73. The predicted molar refractivity (Wildman–Crippen MR) is 74.5 cm³/mol. The van der Waals surface area contributed by atoms with Crippen LogP contribution in [0.4, 0.5) is 0 Å². The Morgan fingerprint density at radius 2 is 2.10 bits per heavy atom. The Morgan fingerprint density at radius 3 is 2.80 bits per heavy atom. The van der Waals surface area contributed by atoms with Crippen molar-refractivity contribution in [3.05, 3.63) is 22.2 Å². The van der Waals surface area contributed by atoms with E-state index in [1.807, 2.05) is 0 Å². The average Bonchev–Trinajstić information content (AvgIpc) is 2.95. The summed E-state index contributed by atoms with van der Waals surface area (Å²) in [4.78, 5) is 14.3. The molecule has 0 atom stereocenters. The maximum absolute atomic E-state index is 12.5. The Bertz CT molecular complexity index is 589. The van der Waals surface area contributed by atoms with Gasteiger partial charge in [0.25, 0.3) is 5.91 Å². The largest absolute Gasteiger partial charge is 0.454 e. The fourth-order valence-corrected chi connectivity index (χ4v) is 3.04. The molecule has 2 aliphatic rings. The van der Waals surface area contributed by atoms with Crippen LogP contribution in [0, 0.1) is 17.2 Å². The van der Waals surface area contributed by atoms with Gasteiger partial charge in [-0.15, -0.1) is 0 Å². The standard InChI is InChI=1S/C14H13BrN2O3/c15-11-5-10(6-12-13(11)20-8-19-12)14(18)17-3-1-9(7-16)2-4-17/h5-6,9H,1-4,8H2. The first-order valence-electron chi connectivity index (χ1n) is 6.47. The molecule has 104 valence electrons. The van der Waals surface area contributed by atoms with E-state index in [1.165, 1.54) is 0 Å². The van der Waals surface area contributed by atoms with Gasteiger partial charge in [0.2, 0.25) is 6.79 Å². The number of fused-ring (bicyclic) bond motifs is 1. The number of piperidine rings is 1. The van der Waals surface area contributed by atoms with E-state index in [2.05, 4.69) is 22.0 Å². The average molecular weight is 337 g/mol. The number of carbonyl (C=O) groups excluding carboxylic acids is 1. The molecule has 0 N–H and O–H groups in total. The molecule has 0 spiro atoms. The summed E-state index contributed by atoms with van der Waals surface area (Å²) in [5.74, 6) is 1.28. The summed E-state index contributed by atoms with van der Waals surface area (Å²) < 4.78 is 11.4. The quantitative estimate of drug-likeness (QED) is 0.790. The Labute approximate surface area is 125 Å². The lowest BCUT2D eigenvalue weighted by Gasteiger charge is -2.29. The van der Waals surface area contributed by atoms with Crippen LogP contribution >= 0.6 is 15.9 Å². The zero-order valence-corrected chi connectivity index (χ0v) is 12.4. The van der Waals surface area contributed by atoms with E-state index in [9.17, 15) is 4.79 Å². The molecular formula is C14H13BrN2O3. The molecule has 0 aliphatic carbocycles. The zero-order chi connectivity index (χ0) is 14.1. The number of nitriles is 1. The van der Waals surface area contributed by atoms with Crippen LogP contribution in [0.5, 0.6) is 11.5 Å². The lowest BCUT2D eigenvalue weighted by Crippen LogP contribution is -2.38. The molecule has 3 rings (SSSR count). The lowest BCUT2D eigenvalue weighted by molar-refractivity contribution is 0.0707. The van der Waals surface area contributed by atoms with Crippen molar-refractivity contribution in [2.45, 2.75) is 12.8 Å². The van der Waals surface area contributed by atoms with Gasteiger partial charge in [-0.25, -0.2) is 0 Å². The number of amides is 1. The molecule has 6 heteroatoms. The van der Waals surface area contributed by atoms with Crippen LogP contribution in [0.2, 0.25) is 0 Å². The van der Waals surface area contributed by atoms with Gasteiger partial charge < -0.3 is 14.4 Å². The molecule has 2 aliphatic heterocycles. The third-order valence-corrected chi connectivity index (χ3v) is 4.23. The summed E-state index contributed by atoms with van der Waals surface area (Å²) >= 11 is 3.39. The number of hydrogen-bond donors (Lipinski definition) is 0. The second-order valence-electron chi connectivity index (χ2n) is 4.89. The van der Waals surface area contributed by atoms with Gasteiger partial charge in [-0.3, -0.25) is 4.79 Å². The summed E-state index contributed by atoms with van der Waals surface area (Å²) in [5.41, 5.74) is 0.580. The van der Waals surface area contributed by atoms with Crippen LogP contribution < -0.4 is 9.47 Å². The van der Waals surface area contributed by atoms with Gasteiger partial charge in [0, 0.05) is 24.6 Å². The summed E-state index contributed by atoms with van der Waals surface area (Å²) in [6.45, 7) is 1.44. The van der Waals surface area contributed by atoms with Crippen LogP contribution in [0.25, 0.3) is 0 Å². The van der Waals surface area contributed by atoms with Crippen LogP contribution in [0.1, 0.15) is 23.2 Å². The molecule has 0 unspecified atom stereocenters. The maximum atomic E-state index is 12.5. The SMILES string of the molecule is N#CC1CCN(C(=O)c2cc(Br)c3c(c2)OCO3)CC1. The third kappa shape index (κ3) is 2.34. The van der Waals surface area contributed by atoms with Crippen molar-refractivity contribution < 1.29 is 14.3 Å². The maximum Gasteiger partial charge on any atom is 0.254 e. The van der Waals surface area contributed by atoms with Gasteiger partial charge in [0.05, 0.1) is 10.5 Å². The van der Waals surface area contributed by atoms with Crippen molar-refractivity contribution in [1.82, 2.24) is 4.90 Å². The topological polar surface area (TPSA) is 62.6 Å². The summed E-state index contributed by atoms with van der Waals surface area (Å²) in [5, 5.41) is 8.89. The second-order valence-corrected chi connectivity index (χ2v) is 5.74.